The van der Waals surface area contributed by atoms with Crippen LogP contribution in [0.5, 0.6) is 0 Å². The van der Waals surface area contributed by atoms with E-state index in [9.17, 15) is 14.4 Å². The number of morpholine rings is 1. The molecule has 2 saturated heterocycles. The van der Waals surface area contributed by atoms with Crippen molar-refractivity contribution in [2.24, 2.45) is 17.8 Å². The second-order valence-electron chi connectivity index (χ2n) is 16.0. The number of nitrogens with one attached hydrogen (secondary N) is 2. The smallest absolute Gasteiger partial charge is 0.407 e. The van der Waals surface area contributed by atoms with Crippen LogP contribution in [0.2, 0.25) is 0 Å². The first-order valence-electron chi connectivity index (χ1n) is 17.9. The highest BCUT2D eigenvalue weighted by molar-refractivity contribution is 6.20. The molecule has 6 aliphatic rings. The number of unbranched alkanes of at least 4 members (excludes halogenated alkanes) is 1. The monoisotopic (exact) mass is 645 g/mol. The van der Waals surface area contributed by atoms with Crippen LogP contribution in [-0.2, 0) is 19.1 Å². The Hall–Kier alpha value is -2.24. The van der Waals surface area contributed by atoms with Crippen molar-refractivity contribution in [2.45, 2.75) is 133 Å². The standard InChI is InChI=1S/C35H56FN5O5/c1-35(2,3)46-34(44)38-22-14-17-40(19-22)29-26(36)18-24-28-32(29)45-31-23-11-7-6-10-21(23)12-13-27(31)41(28)20-25(30(24)42)33(43)37-15-8-9-16-39(4)5/h20-24,26-29,31-32H,6-19H2,1-5H3,(H,37,43)(H,38,44)/t21?,22-,23?,24?,26?,27?,28?,29?,31?,32?/m1/s1. The van der Waals surface area contributed by atoms with Gasteiger partial charge in [-0.15, -0.1) is 0 Å². The van der Waals surface area contributed by atoms with Crippen molar-refractivity contribution >= 4 is 17.8 Å². The van der Waals surface area contributed by atoms with E-state index in [0.717, 1.165) is 38.6 Å². The average Bonchev–Trinajstić information content (AvgIpc) is 3.44. The topological polar surface area (TPSA) is 103 Å². The van der Waals surface area contributed by atoms with Crippen LogP contribution < -0.4 is 10.6 Å². The van der Waals surface area contributed by atoms with Crippen LogP contribution in [0.4, 0.5) is 9.18 Å². The molecule has 0 aromatic heterocycles. The highest BCUT2D eigenvalue weighted by Crippen LogP contribution is 2.51. The SMILES string of the molecule is CN(C)CCCCNC(=O)C1=CN2C3CCC4CCCCC4C3OC3C(N4CC[C@@H](NC(=O)OC(C)(C)C)C4)C(F)CC(C1=O)C32. The number of fused-ring (bicyclic) bond motifs is 4. The molecule has 46 heavy (non-hydrogen) atoms. The second-order valence-corrected chi connectivity index (χ2v) is 16.0. The molecule has 5 fully saturated rings. The summed E-state index contributed by atoms with van der Waals surface area (Å²) in [5, 5.41) is 5.97. The summed E-state index contributed by atoms with van der Waals surface area (Å²) in [5.74, 6) is -0.198. The lowest BCUT2D eigenvalue weighted by molar-refractivity contribution is -0.231. The number of carbonyl (C=O) groups is 3. The maximum absolute atomic E-state index is 16.6. The number of nitrogens with zero attached hydrogens (tertiary/aromatic N) is 3. The number of amides is 2. The van der Waals surface area contributed by atoms with E-state index in [-0.39, 0.29) is 47.9 Å². The van der Waals surface area contributed by atoms with Gasteiger partial charge in [0.25, 0.3) is 5.91 Å². The molecule has 2 amide bonds. The molecule has 3 aliphatic carbocycles. The van der Waals surface area contributed by atoms with Crippen LogP contribution in [0.3, 0.4) is 0 Å². The van der Waals surface area contributed by atoms with E-state index in [4.69, 9.17) is 9.47 Å². The number of carbonyl (C=O) groups excluding carboxylic acids is 3. The lowest BCUT2D eigenvalue weighted by atomic mass is 9.64. The molecule has 2 N–H and O–H groups in total. The van der Waals surface area contributed by atoms with Gasteiger partial charge in [-0.05, 0) is 98.2 Å². The third kappa shape index (κ3) is 6.97. The molecule has 0 aromatic carbocycles. The van der Waals surface area contributed by atoms with Crippen molar-refractivity contribution in [3.63, 3.8) is 0 Å². The molecular weight excluding hydrogens is 589 g/mol. The quantitative estimate of drug-likeness (QED) is 0.305. The number of likely N-dealkylation sites (tertiary alicyclic amines) is 1. The Morgan fingerprint density at radius 2 is 1.85 bits per heavy atom. The first-order valence-corrected chi connectivity index (χ1v) is 17.9. The van der Waals surface area contributed by atoms with E-state index in [1.165, 1.54) is 19.3 Å². The van der Waals surface area contributed by atoms with Crippen LogP contribution in [0.15, 0.2) is 11.8 Å². The summed E-state index contributed by atoms with van der Waals surface area (Å²) >= 11 is 0. The molecule has 6 rings (SSSR count). The predicted molar refractivity (Wildman–Crippen MR) is 173 cm³/mol. The molecule has 10 nitrogen and oxygen atoms in total. The highest BCUT2D eigenvalue weighted by Gasteiger charge is 2.61. The summed E-state index contributed by atoms with van der Waals surface area (Å²) in [6.07, 6.45) is 8.94. The molecule has 0 spiro atoms. The Kier molecular flexibility index (Phi) is 10.0. The summed E-state index contributed by atoms with van der Waals surface area (Å²) in [7, 11) is 4.06. The minimum atomic E-state index is -1.28. The highest BCUT2D eigenvalue weighted by atomic mass is 19.1. The Balaban J connectivity index is 1.24. The fraction of sp³-hybridized carbons (Fsp3) is 0.857. The molecule has 0 radical (unpaired) electrons. The number of alkyl carbamates (subject to hydrolysis) is 1. The molecule has 0 aromatic rings. The van der Waals surface area contributed by atoms with Gasteiger partial charge in [0, 0.05) is 37.8 Å². The average molecular weight is 646 g/mol. The summed E-state index contributed by atoms with van der Waals surface area (Å²) in [6.45, 7) is 8.10. The van der Waals surface area contributed by atoms with Crippen molar-refractivity contribution in [3.05, 3.63) is 11.8 Å². The van der Waals surface area contributed by atoms with Crippen LogP contribution in [0.1, 0.15) is 85.0 Å². The Labute approximate surface area is 274 Å². The summed E-state index contributed by atoms with van der Waals surface area (Å²) < 4.78 is 29.1. The number of ketones is 1. The number of hydrogen-bond donors (Lipinski definition) is 2. The molecule has 11 heteroatoms. The minimum absolute atomic E-state index is 0.0492. The van der Waals surface area contributed by atoms with E-state index in [1.54, 1.807) is 0 Å². The van der Waals surface area contributed by atoms with Crippen molar-refractivity contribution < 1.29 is 28.2 Å². The zero-order valence-corrected chi connectivity index (χ0v) is 28.5. The molecule has 3 heterocycles. The number of alkyl halides is 1. The van der Waals surface area contributed by atoms with Gasteiger partial charge >= 0.3 is 6.09 Å². The van der Waals surface area contributed by atoms with Gasteiger partial charge in [0.2, 0.25) is 0 Å². The first-order chi connectivity index (χ1) is 21.9. The Bertz CT molecular complexity index is 1170. The van der Waals surface area contributed by atoms with E-state index in [2.05, 4.69) is 25.3 Å². The van der Waals surface area contributed by atoms with Gasteiger partial charge in [-0.1, -0.05) is 19.3 Å². The van der Waals surface area contributed by atoms with E-state index < -0.39 is 35.9 Å². The summed E-state index contributed by atoms with van der Waals surface area (Å²) in [6, 6.07) is -0.894. The van der Waals surface area contributed by atoms with Gasteiger partial charge < -0.3 is 29.9 Å². The minimum Gasteiger partial charge on any atom is -0.444 e. The maximum atomic E-state index is 16.6. The van der Waals surface area contributed by atoms with Gasteiger partial charge in [-0.2, -0.15) is 0 Å². The number of ether oxygens (including phenoxy) is 2. The van der Waals surface area contributed by atoms with Crippen LogP contribution in [-0.4, -0.2) is 121 Å². The van der Waals surface area contributed by atoms with Gasteiger partial charge in [-0.25, -0.2) is 9.18 Å². The van der Waals surface area contributed by atoms with Crippen LogP contribution >= 0.6 is 0 Å². The van der Waals surface area contributed by atoms with Crippen molar-refractivity contribution in [1.29, 1.82) is 0 Å². The van der Waals surface area contributed by atoms with Crippen molar-refractivity contribution in [3.8, 4) is 0 Å². The molecule has 3 saturated carbocycles. The molecule has 0 bridgehead atoms. The fourth-order valence-corrected chi connectivity index (χ4v) is 9.43. The molecule has 9 unspecified atom stereocenters. The van der Waals surface area contributed by atoms with E-state index in [0.29, 0.717) is 37.9 Å². The Morgan fingerprint density at radius 1 is 1.07 bits per heavy atom. The third-order valence-corrected chi connectivity index (χ3v) is 11.4. The zero-order chi connectivity index (χ0) is 32.7. The predicted octanol–water partition coefficient (Wildman–Crippen LogP) is 3.64. The largest absolute Gasteiger partial charge is 0.444 e. The van der Waals surface area contributed by atoms with Crippen LogP contribution in [0.25, 0.3) is 0 Å². The molecule has 258 valence electrons. The van der Waals surface area contributed by atoms with Crippen molar-refractivity contribution in [1.82, 2.24) is 25.3 Å². The number of Topliss-reactive ketones (excluding diaryl/α,β-unsaturated/α-hetero) is 1. The van der Waals surface area contributed by atoms with Crippen molar-refractivity contribution in [2.75, 3.05) is 40.3 Å². The van der Waals surface area contributed by atoms with Crippen LogP contribution in [0, 0.1) is 17.8 Å². The number of halogens is 1. The summed E-state index contributed by atoms with van der Waals surface area (Å²) in [4.78, 5) is 46.6. The maximum Gasteiger partial charge on any atom is 0.407 e. The first kappa shape index (κ1) is 33.7. The number of hydrogen-bond acceptors (Lipinski definition) is 8. The van der Waals surface area contributed by atoms with E-state index in [1.807, 2.05) is 41.1 Å². The molecule has 3 aliphatic heterocycles. The van der Waals surface area contributed by atoms with E-state index >= 15 is 4.39 Å². The second kappa shape index (κ2) is 13.7. The van der Waals surface area contributed by atoms with Gasteiger partial charge in [0.15, 0.2) is 5.78 Å². The zero-order valence-electron chi connectivity index (χ0n) is 28.5. The fourth-order valence-electron chi connectivity index (χ4n) is 9.43. The molecular formula is C35H56FN5O5. The summed E-state index contributed by atoms with van der Waals surface area (Å²) in [5.41, 5.74) is -0.423. The lowest BCUT2D eigenvalue weighted by Gasteiger charge is -2.62. The normalized spacial score (nSPS) is 37.6. The lowest BCUT2D eigenvalue weighted by Crippen LogP contribution is -2.74. The van der Waals surface area contributed by atoms with Gasteiger partial charge in [0.05, 0.1) is 35.9 Å². The third-order valence-electron chi connectivity index (χ3n) is 11.4. The molecule has 10 atom stereocenters. The number of rotatable bonds is 8. The van der Waals surface area contributed by atoms with Gasteiger partial charge in [-0.3, -0.25) is 14.5 Å². The Morgan fingerprint density at radius 3 is 2.61 bits per heavy atom. The van der Waals surface area contributed by atoms with Gasteiger partial charge in [0.1, 0.15) is 11.8 Å².